The first-order chi connectivity index (χ1) is 25.3. The normalized spacial score (nSPS) is 11.9. The van der Waals surface area contributed by atoms with Crippen molar-refractivity contribution in [3.8, 4) is 45.2 Å². The number of aromatic amines is 1. The summed E-state index contributed by atoms with van der Waals surface area (Å²) < 4.78 is 13.0. The Kier molecular flexibility index (Phi) is 5.86. The fourth-order valence-electron chi connectivity index (χ4n) is 7.48. The van der Waals surface area contributed by atoms with Gasteiger partial charge in [-0.2, -0.15) is 0 Å². The number of hydrogen-bond donors (Lipinski definition) is 1. The van der Waals surface area contributed by atoms with Crippen LogP contribution in [0, 0.1) is 0 Å². The Hall–Kier alpha value is -7.05. The largest absolute Gasteiger partial charge is 0.455 e. The second kappa shape index (κ2) is 10.7. The highest BCUT2D eigenvalue weighted by molar-refractivity contribution is 6.22. The molecule has 0 radical (unpaired) electrons. The average Bonchev–Trinajstić information content (AvgIpc) is 3.91. The van der Waals surface area contributed by atoms with Crippen molar-refractivity contribution in [1.82, 2.24) is 19.9 Å². The van der Waals surface area contributed by atoms with Gasteiger partial charge >= 0.3 is 0 Å². The van der Waals surface area contributed by atoms with E-state index in [1.165, 1.54) is 0 Å². The molecule has 51 heavy (non-hydrogen) atoms. The van der Waals surface area contributed by atoms with Crippen molar-refractivity contribution in [3.63, 3.8) is 0 Å². The van der Waals surface area contributed by atoms with Crippen LogP contribution >= 0.6 is 0 Å². The van der Waals surface area contributed by atoms with Gasteiger partial charge in [0.25, 0.3) is 0 Å². The van der Waals surface area contributed by atoms with Crippen LogP contribution in [0.15, 0.2) is 160 Å². The molecule has 0 aliphatic rings. The van der Waals surface area contributed by atoms with E-state index < -0.39 is 0 Å². The summed E-state index contributed by atoms with van der Waals surface area (Å²) in [6, 6.07) is 51.6. The summed E-state index contributed by atoms with van der Waals surface area (Å²) in [6.07, 6.45) is 0. The van der Waals surface area contributed by atoms with E-state index in [0.29, 0.717) is 11.7 Å². The van der Waals surface area contributed by atoms with Crippen molar-refractivity contribution < 1.29 is 8.83 Å². The van der Waals surface area contributed by atoms with Gasteiger partial charge in [0, 0.05) is 43.8 Å². The lowest BCUT2D eigenvalue weighted by Crippen LogP contribution is -1.95. The quantitative estimate of drug-likeness (QED) is 0.204. The van der Waals surface area contributed by atoms with Gasteiger partial charge in [-0.15, -0.1) is 0 Å². The zero-order chi connectivity index (χ0) is 33.5. The number of benzene rings is 7. The Balaban J connectivity index is 1.18. The molecule has 11 aromatic rings. The average molecular weight is 655 g/mol. The second-order valence-electron chi connectivity index (χ2n) is 12.9. The molecule has 7 aromatic carbocycles. The van der Waals surface area contributed by atoms with E-state index in [4.69, 9.17) is 23.8 Å². The number of fused-ring (bicyclic) bond motifs is 9. The Morgan fingerprint density at radius 1 is 0.451 bits per heavy atom. The first-order valence-corrected chi connectivity index (χ1v) is 16.9. The van der Waals surface area contributed by atoms with Crippen LogP contribution in [0.3, 0.4) is 0 Å². The number of nitrogens with one attached hydrogen (secondary N) is 1. The maximum absolute atomic E-state index is 6.62. The lowest BCUT2D eigenvalue weighted by Gasteiger charge is -2.10. The number of hydrogen-bond acceptors (Lipinski definition) is 5. The van der Waals surface area contributed by atoms with E-state index in [-0.39, 0.29) is 0 Å². The first-order valence-electron chi connectivity index (χ1n) is 16.9. The molecule has 1 N–H and O–H groups in total. The lowest BCUT2D eigenvalue weighted by atomic mass is 9.99. The molecule has 0 spiro atoms. The number of oxazole rings is 1. The Morgan fingerprint density at radius 2 is 1.20 bits per heavy atom. The minimum absolute atomic E-state index is 0.591. The van der Waals surface area contributed by atoms with Crippen molar-refractivity contribution in [2.24, 2.45) is 0 Å². The van der Waals surface area contributed by atoms with Gasteiger partial charge in [-0.1, -0.05) is 103 Å². The number of aromatic nitrogens is 4. The highest BCUT2D eigenvalue weighted by Gasteiger charge is 2.21. The molecule has 0 aliphatic carbocycles. The predicted octanol–water partition coefficient (Wildman–Crippen LogP) is 12.0. The van der Waals surface area contributed by atoms with Crippen LogP contribution in [0.1, 0.15) is 0 Å². The maximum Gasteiger partial charge on any atom is 0.227 e. The van der Waals surface area contributed by atoms with Gasteiger partial charge in [0.15, 0.2) is 11.4 Å². The summed E-state index contributed by atoms with van der Waals surface area (Å²) in [7, 11) is 0. The fraction of sp³-hybridized carbons (Fsp3) is 0. The highest BCUT2D eigenvalue weighted by Crippen LogP contribution is 2.42. The standard InChI is InChI=1S/C45H26N4O2/c1-3-12-26(13-4-1)33-25-37-43(51-45(48-37)27-14-5-2-6-15-27)39-34-24-28(22-23-36(34)46-41(33)39)40-31-17-7-9-20-35(31)47-44(49-40)32-19-11-18-30-29-16-8-10-21-38(29)50-42(30)32/h1-25,46H. The number of para-hydroxylation sites is 3. The molecular formula is C45H26N4O2. The monoisotopic (exact) mass is 654 g/mol. The zero-order valence-corrected chi connectivity index (χ0v) is 27.1. The van der Waals surface area contributed by atoms with Crippen LogP contribution in [0.4, 0.5) is 0 Å². The Bertz CT molecular complexity index is 3140. The zero-order valence-electron chi connectivity index (χ0n) is 27.1. The molecule has 0 aliphatic heterocycles. The summed E-state index contributed by atoms with van der Waals surface area (Å²) >= 11 is 0. The van der Waals surface area contributed by atoms with Crippen molar-refractivity contribution in [1.29, 1.82) is 0 Å². The Labute approximate surface area is 290 Å². The van der Waals surface area contributed by atoms with Crippen LogP contribution in [0.2, 0.25) is 0 Å². The van der Waals surface area contributed by atoms with Gasteiger partial charge in [-0.05, 0) is 54.1 Å². The molecule has 6 nitrogen and oxygen atoms in total. The van der Waals surface area contributed by atoms with Gasteiger partial charge in [-0.25, -0.2) is 15.0 Å². The van der Waals surface area contributed by atoms with E-state index in [1.54, 1.807) is 0 Å². The van der Waals surface area contributed by atoms with Gasteiger partial charge in [0.05, 0.1) is 27.7 Å². The summed E-state index contributed by atoms with van der Waals surface area (Å²) in [6.45, 7) is 0. The smallest absolute Gasteiger partial charge is 0.227 e. The molecule has 0 fully saturated rings. The van der Waals surface area contributed by atoms with E-state index in [0.717, 1.165) is 99.3 Å². The maximum atomic E-state index is 6.62. The van der Waals surface area contributed by atoms with Gasteiger partial charge in [0.2, 0.25) is 5.89 Å². The van der Waals surface area contributed by atoms with Crippen LogP contribution in [0.25, 0.3) is 111 Å². The third kappa shape index (κ3) is 4.26. The third-order valence-electron chi connectivity index (χ3n) is 9.86. The van der Waals surface area contributed by atoms with Gasteiger partial charge in [0.1, 0.15) is 16.7 Å². The molecule has 0 saturated carbocycles. The number of H-pyrrole nitrogens is 1. The van der Waals surface area contributed by atoms with E-state index >= 15 is 0 Å². The van der Waals surface area contributed by atoms with Crippen molar-refractivity contribution in [2.45, 2.75) is 0 Å². The molecule has 11 rings (SSSR count). The minimum Gasteiger partial charge on any atom is -0.455 e. The molecule has 0 saturated heterocycles. The number of nitrogens with zero attached hydrogens (tertiary/aromatic N) is 3. The molecule has 4 aromatic heterocycles. The molecule has 0 unspecified atom stereocenters. The van der Waals surface area contributed by atoms with Crippen LogP contribution in [-0.2, 0) is 0 Å². The first kappa shape index (κ1) is 27.9. The topological polar surface area (TPSA) is 80.7 Å². The van der Waals surface area contributed by atoms with E-state index in [9.17, 15) is 0 Å². The lowest BCUT2D eigenvalue weighted by molar-refractivity contribution is 0.623. The van der Waals surface area contributed by atoms with E-state index in [2.05, 4.69) is 71.7 Å². The molecule has 0 bridgehead atoms. The Morgan fingerprint density at radius 3 is 2.06 bits per heavy atom. The summed E-state index contributed by atoms with van der Waals surface area (Å²) in [5.41, 5.74) is 11.8. The highest BCUT2D eigenvalue weighted by atomic mass is 16.3. The van der Waals surface area contributed by atoms with Crippen molar-refractivity contribution >= 4 is 65.7 Å². The number of rotatable bonds is 4. The molecule has 4 heterocycles. The molecular weight excluding hydrogens is 629 g/mol. The molecule has 6 heteroatoms. The summed E-state index contributed by atoms with van der Waals surface area (Å²) in [5.74, 6) is 1.21. The predicted molar refractivity (Wildman–Crippen MR) is 205 cm³/mol. The van der Waals surface area contributed by atoms with Crippen molar-refractivity contribution in [3.05, 3.63) is 152 Å². The molecule has 0 amide bonds. The minimum atomic E-state index is 0.591. The summed E-state index contributed by atoms with van der Waals surface area (Å²) in [5, 5.41) is 5.11. The van der Waals surface area contributed by atoms with Gasteiger partial charge < -0.3 is 13.8 Å². The number of furan rings is 1. The van der Waals surface area contributed by atoms with Crippen LogP contribution in [0.5, 0.6) is 0 Å². The second-order valence-corrected chi connectivity index (χ2v) is 12.9. The van der Waals surface area contributed by atoms with Crippen LogP contribution < -0.4 is 0 Å². The third-order valence-corrected chi connectivity index (χ3v) is 9.86. The van der Waals surface area contributed by atoms with Crippen LogP contribution in [-0.4, -0.2) is 19.9 Å². The SMILES string of the molecule is c1ccc(-c2nc3cc(-c4ccccc4)c4[nH]c5ccc(-c6nc(-c7cccc8c7oc7ccccc78)nc7ccccc67)cc5c4c3o2)cc1. The molecule has 238 valence electrons. The fourth-order valence-corrected chi connectivity index (χ4v) is 7.48. The van der Waals surface area contributed by atoms with E-state index in [1.807, 2.05) is 84.9 Å². The molecule has 0 atom stereocenters. The van der Waals surface area contributed by atoms with Gasteiger partial charge in [-0.3, -0.25) is 0 Å². The summed E-state index contributed by atoms with van der Waals surface area (Å²) in [4.78, 5) is 19.1. The van der Waals surface area contributed by atoms with Crippen molar-refractivity contribution in [2.75, 3.05) is 0 Å².